The molecule has 1 N–H and O–H groups in total. The second-order valence-corrected chi connectivity index (χ2v) is 4.85. The molecule has 0 saturated heterocycles. The Hall–Kier alpha value is -1.03. The van der Waals surface area contributed by atoms with E-state index in [1.54, 1.807) is 12.4 Å². The molecule has 0 unspecified atom stereocenters. The van der Waals surface area contributed by atoms with Crippen LogP contribution in [0.25, 0.3) is 0 Å². The van der Waals surface area contributed by atoms with Gasteiger partial charge < -0.3 is 10.1 Å². The van der Waals surface area contributed by atoms with Gasteiger partial charge in [0.1, 0.15) is 5.82 Å². The Morgan fingerprint density at radius 2 is 2.29 bits per heavy atom. The number of nitrogens with zero attached hydrogens (tertiary/aromatic N) is 2. The van der Waals surface area contributed by atoms with E-state index in [-0.39, 0.29) is 5.41 Å². The summed E-state index contributed by atoms with van der Waals surface area (Å²) in [5, 5.41) is 3.28. The first kappa shape index (κ1) is 12.4. The maximum Gasteiger partial charge on any atom is 0.234 e. The van der Waals surface area contributed by atoms with Crippen LogP contribution in [0.5, 0.6) is 5.88 Å². The largest absolute Gasteiger partial charge is 0.477 e. The zero-order valence-electron chi connectivity index (χ0n) is 10.1. The van der Waals surface area contributed by atoms with Gasteiger partial charge in [-0.25, -0.2) is 0 Å². The van der Waals surface area contributed by atoms with Crippen LogP contribution in [0.15, 0.2) is 12.4 Å². The lowest BCUT2D eigenvalue weighted by Gasteiger charge is -2.13. The van der Waals surface area contributed by atoms with Crippen LogP contribution in [-0.2, 0) is 0 Å². The average molecular weight is 256 g/mol. The lowest BCUT2D eigenvalue weighted by Crippen LogP contribution is -2.17. The maximum atomic E-state index is 5.92. The SMILES string of the molecule is CCCOc1cncc(NCC2(CCl)CC2)n1. The predicted molar refractivity (Wildman–Crippen MR) is 68.7 cm³/mol. The molecule has 4 nitrogen and oxygen atoms in total. The normalized spacial score (nSPS) is 16.6. The Labute approximate surface area is 107 Å². The molecule has 0 spiro atoms. The summed E-state index contributed by atoms with van der Waals surface area (Å²) in [6, 6.07) is 0. The number of alkyl halides is 1. The monoisotopic (exact) mass is 255 g/mol. The molecule has 1 aliphatic rings. The molecule has 0 bridgehead atoms. The van der Waals surface area contributed by atoms with Gasteiger partial charge in [-0.1, -0.05) is 6.92 Å². The van der Waals surface area contributed by atoms with Crippen molar-refractivity contribution in [3.8, 4) is 5.88 Å². The lowest BCUT2D eigenvalue weighted by molar-refractivity contribution is 0.304. The molecule has 2 rings (SSSR count). The first-order valence-electron chi connectivity index (χ1n) is 6.03. The van der Waals surface area contributed by atoms with Crippen LogP contribution in [0.1, 0.15) is 26.2 Å². The first-order chi connectivity index (χ1) is 8.28. The van der Waals surface area contributed by atoms with E-state index in [9.17, 15) is 0 Å². The smallest absolute Gasteiger partial charge is 0.234 e. The second-order valence-electron chi connectivity index (χ2n) is 4.58. The summed E-state index contributed by atoms with van der Waals surface area (Å²) in [5.74, 6) is 2.04. The molecule has 1 heterocycles. The van der Waals surface area contributed by atoms with E-state index in [1.807, 2.05) is 0 Å². The van der Waals surface area contributed by atoms with Crippen LogP contribution in [-0.4, -0.2) is 29.0 Å². The molecule has 0 radical (unpaired) electrons. The van der Waals surface area contributed by atoms with Gasteiger partial charge in [0.2, 0.25) is 5.88 Å². The summed E-state index contributed by atoms with van der Waals surface area (Å²) in [4.78, 5) is 8.44. The quantitative estimate of drug-likeness (QED) is 0.761. The molecule has 0 aromatic carbocycles. The number of aromatic nitrogens is 2. The summed E-state index contributed by atoms with van der Waals surface area (Å²) in [6.45, 7) is 3.60. The summed E-state index contributed by atoms with van der Waals surface area (Å²) in [5.41, 5.74) is 0.281. The molecule has 5 heteroatoms. The number of anilines is 1. The third kappa shape index (κ3) is 3.46. The van der Waals surface area contributed by atoms with Crippen molar-refractivity contribution in [3.05, 3.63) is 12.4 Å². The summed E-state index contributed by atoms with van der Waals surface area (Å²) in [6.07, 6.45) is 6.71. The molecule has 1 aromatic heterocycles. The average Bonchev–Trinajstić information content (AvgIpc) is 3.15. The van der Waals surface area contributed by atoms with E-state index < -0.39 is 0 Å². The third-order valence-electron chi connectivity index (χ3n) is 2.95. The van der Waals surface area contributed by atoms with Crippen molar-refractivity contribution in [2.45, 2.75) is 26.2 Å². The van der Waals surface area contributed by atoms with Gasteiger partial charge >= 0.3 is 0 Å². The van der Waals surface area contributed by atoms with Gasteiger partial charge in [0.05, 0.1) is 19.0 Å². The third-order valence-corrected chi connectivity index (χ3v) is 3.52. The fourth-order valence-electron chi connectivity index (χ4n) is 1.52. The van der Waals surface area contributed by atoms with Crippen molar-refractivity contribution in [1.29, 1.82) is 0 Å². The van der Waals surface area contributed by atoms with Gasteiger partial charge in [-0.2, -0.15) is 4.98 Å². The van der Waals surface area contributed by atoms with Gasteiger partial charge in [0, 0.05) is 17.8 Å². The Bertz CT molecular complexity index is 369. The lowest BCUT2D eigenvalue weighted by atomic mass is 10.1. The molecular weight excluding hydrogens is 238 g/mol. The molecule has 94 valence electrons. The van der Waals surface area contributed by atoms with Crippen molar-refractivity contribution < 1.29 is 4.74 Å². The number of hydrogen-bond acceptors (Lipinski definition) is 4. The molecule has 1 fully saturated rings. The Morgan fingerprint density at radius 3 is 2.94 bits per heavy atom. The standard InChI is InChI=1S/C12H18ClN3O/c1-2-5-17-11-7-14-6-10(16-11)15-9-12(8-13)3-4-12/h6-7H,2-5,8-9H2,1H3,(H,15,16). The highest BCUT2D eigenvalue weighted by Crippen LogP contribution is 2.46. The Morgan fingerprint density at radius 1 is 1.47 bits per heavy atom. The van der Waals surface area contributed by atoms with Gasteiger partial charge in [0.25, 0.3) is 0 Å². The molecule has 1 saturated carbocycles. The number of hydrogen-bond donors (Lipinski definition) is 1. The molecule has 0 aliphatic heterocycles. The van der Waals surface area contributed by atoms with Crippen LogP contribution in [0.4, 0.5) is 5.82 Å². The van der Waals surface area contributed by atoms with Crippen LogP contribution >= 0.6 is 11.6 Å². The van der Waals surface area contributed by atoms with Crippen molar-refractivity contribution >= 4 is 17.4 Å². The fraction of sp³-hybridized carbons (Fsp3) is 0.667. The topological polar surface area (TPSA) is 47.0 Å². The van der Waals surface area contributed by atoms with E-state index in [1.165, 1.54) is 12.8 Å². The highest BCUT2D eigenvalue weighted by molar-refractivity contribution is 6.18. The highest BCUT2D eigenvalue weighted by atomic mass is 35.5. The van der Waals surface area contributed by atoms with Gasteiger partial charge in [-0.05, 0) is 19.3 Å². The first-order valence-corrected chi connectivity index (χ1v) is 6.56. The summed E-state index contributed by atoms with van der Waals surface area (Å²) < 4.78 is 5.43. The molecular formula is C12H18ClN3O. The highest BCUT2D eigenvalue weighted by Gasteiger charge is 2.41. The van der Waals surface area contributed by atoms with E-state index in [4.69, 9.17) is 16.3 Å². The minimum absolute atomic E-state index is 0.281. The number of nitrogens with one attached hydrogen (secondary N) is 1. The minimum atomic E-state index is 0.281. The van der Waals surface area contributed by atoms with Crippen LogP contribution < -0.4 is 10.1 Å². The van der Waals surface area contributed by atoms with Crippen molar-refractivity contribution in [3.63, 3.8) is 0 Å². The number of ether oxygens (including phenoxy) is 1. The molecule has 17 heavy (non-hydrogen) atoms. The summed E-state index contributed by atoms with van der Waals surface area (Å²) >= 11 is 5.92. The van der Waals surface area contributed by atoms with Crippen LogP contribution in [0.2, 0.25) is 0 Å². The number of halogens is 1. The van der Waals surface area contributed by atoms with Crippen molar-refractivity contribution in [2.24, 2.45) is 5.41 Å². The Kier molecular flexibility index (Phi) is 4.05. The van der Waals surface area contributed by atoms with Crippen LogP contribution in [0.3, 0.4) is 0 Å². The van der Waals surface area contributed by atoms with E-state index in [2.05, 4.69) is 22.2 Å². The number of rotatable bonds is 7. The van der Waals surface area contributed by atoms with Gasteiger partial charge in [0.15, 0.2) is 0 Å². The summed E-state index contributed by atoms with van der Waals surface area (Å²) in [7, 11) is 0. The zero-order valence-corrected chi connectivity index (χ0v) is 10.8. The van der Waals surface area contributed by atoms with Crippen molar-refractivity contribution in [1.82, 2.24) is 9.97 Å². The fourth-order valence-corrected chi connectivity index (χ4v) is 1.88. The van der Waals surface area contributed by atoms with E-state index >= 15 is 0 Å². The van der Waals surface area contributed by atoms with Gasteiger partial charge in [-0.3, -0.25) is 4.98 Å². The van der Waals surface area contributed by atoms with Gasteiger partial charge in [-0.15, -0.1) is 11.6 Å². The van der Waals surface area contributed by atoms with Crippen molar-refractivity contribution in [2.75, 3.05) is 24.3 Å². The molecule has 0 amide bonds. The van der Waals surface area contributed by atoms with E-state index in [0.717, 1.165) is 18.8 Å². The minimum Gasteiger partial charge on any atom is -0.477 e. The molecule has 1 aromatic rings. The van der Waals surface area contributed by atoms with Crippen LogP contribution in [0, 0.1) is 5.41 Å². The molecule has 1 aliphatic carbocycles. The zero-order chi connectivity index (χ0) is 12.1. The Balaban J connectivity index is 1.87. The predicted octanol–water partition coefficient (Wildman–Crippen LogP) is 2.70. The van der Waals surface area contributed by atoms with E-state index in [0.29, 0.717) is 18.4 Å². The molecule has 0 atom stereocenters. The second kappa shape index (κ2) is 5.54. The maximum absolute atomic E-state index is 5.92.